The number of rotatable bonds is 13. The Morgan fingerprint density at radius 2 is 0.672 bits per heavy atom. The minimum atomic E-state index is -2.11. The average molecular weight is 925 g/mol. The maximum absolute atomic E-state index is 11.3. The van der Waals surface area contributed by atoms with Crippen LogP contribution < -0.4 is 27.0 Å². The van der Waals surface area contributed by atoms with E-state index < -0.39 is 17.7 Å². The van der Waals surface area contributed by atoms with Gasteiger partial charge in [0.05, 0.1) is 23.1 Å². The molecule has 0 saturated heterocycles. The molecule has 0 amide bonds. The van der Waals surface area contributed by atoms with Crippen molar-refractivity contribution in [1.29, 1.82) is 0 Å². The molecule has 9 aromatic rings. The molecule has 335 valence electrons. The van der Waals surface area contributed by atoms with Gasteiger partial charge in [-0.2, -0.15) is 21.9 Å². The standard InChI is InChI=1S/C24H20B.C18H18N4.C14H12O3.CH4O.Fe/c1-5-13-21(14-6-1)25(22-15-7-2-8-16-22,23-17-9-3-10-18-23)24-19-11-4-12-20-24;1-4-10-19-16(7-1)13-22(14-17-8-2-5-11-20-17)15-18-9-3-6-12-21-18;15-13(16)14(17,11-7-3-1-4-8-11)12-9-5-2-6-10-12;1-2;/h1-20H;1-12H,13-15H2;1-10,17H,(H,15,16);2H,1H3;/q-1;;;;+3/p-1. The normalized spacial score (nSPS) is 10.6. The van der Waals surface area contributed by atoms with Crippen LogP contribution in [0.1, 0.15) is 28.2 Å². The molecular formula is C57H53BFeN4O4+. The molecule has 0 saturated carbocycles. The van der Waals surface area contributed by atoms with Crippen molar-refractivity contribution in [1.82, 2.24) is 19.9 Å². The minimum absolute atomic E-state index is 0. The van der Waals surface area contributed by atoms with Crippen LogP contribution in [0.4, 0.5) is 0 Å². The fourth-order valence-electron chi connectivity index (χ4n) is 8.21. The van der Waals surface area contributed by atoms with Crippen molar-refractivity contribution in [3.8, 4) is 0 Å². The second-order valence-corrected chi connectivity index (χ2v) is 15.3. The SMILES string of the molecule is CO.O=C([O-])C(O)(c1ccccc1)c1ccccc1.[Fe+3].c1ccc(CN(Cc2ccccn2)Cc2ccccn2)nc1.c1ccc([B-](c2ccccc2)(c2ccccc2)c2ccccc2)cc1. The van der Waals surface area contributed by atoms with E-state index in [1.165, 1.54) is 21.9 Å². The van der Waals surface area contributed by atoms with Gasteiger partial charge in [0.2, 0.25) is 0 Å². The van der Waals surface area contributed by atoms with Gasteiger partial charge in [-0.15, -0.1) is 0 Å². The first-order valence-corrected chi connectivity index (χ1v) is 21.8. The van der Waals surface area contributed by atoms with E-state index in [0.29, 0.717) is 0 Å². The number of aliphatic hydroxyl groups is 2. The Balaban J connectivity index is 0.000000186. The Hall–Kier alpha value is -7.30. The number of aliphatic hydroxyl groups excluding tert-OH is 1. The third-order valence-electron chi connectivity index (χ3n) is 11.2. The smallest absolute Gasteiger partial charge is 0.546 e. The molecule has 0 spiro atoms. The summed E-state index contributed by atoms with van der Waals surface area (Å²) in [6.45, 7) is 2.32. The molecule has 67 heavy (non-hydrogen) atoms. The molecular weight excluding hydrogens is 871 g/mol. The zero-order chi connectivity index (χ0) is 46.3. The topological polar surface area (TPSA) is 122 Å². The fraction of sp³-hybridized carbons (Fsp3) is 0.0877. The van der Waals surface area contributed by atoms with Gasteiger partial charge in [-0.3, -0.25) is 19.9 Å². The molecule has 0 aliphatic carbocycles. The first-order chi connectivity index (χ1) is 32.5. The molecule has 9 rings (SSSR count). The van der Waals surface area contributed by atoms with Crippen LogP contribution in [0.15, 0.2) is 255 Å². The molecule has 0 unspecified atom stereocenters. The number of hydrogen-bond acceptors (Lipinski definition) is 8. The Labute approximate surface area is 404 Å². The summed E-state index contributed by atoms with van der Waals surface area (Å²) in [5.74, 6) is -1.53. The van der Waals surface area contributed by atoms with Crippen LogP contribution in [0.25, 0.3) is 0 Å². The van der Waals surface area contributed by atoms with E-state index in [1.807, 2.05) is 73.2 Å². The molecule has 3 aromatic heterocycles. The van der Waals surface area contributed by atoms with Crippen molar-refractivity contribution < 1.29 is 37.2 Å². The second kappa shape index (κ2) is 26.6. The van der Waals surface area contributed by atoms with Crippen molar-refractivity contribution in [3.05, 3.63) is 283 Å². The van der Waals surface area contributed by atoms with E-state index in [-0.39, 0.29) is 28.2 Å². The maximum Gasteiger partial charge on any atom is 3.00 e. The second-order valence-electron chi connectivity index (χ2n) is 15.3. The van der Waals surface area contributed by atoms with Crippen molar-refractivity contribution in [2.75, 3.05) is 7.11 Å². The molecule has 0 aliphatic heterocycles. The first kappa shape index (κ1) is 50.7. The summed E-state index contributed by atoms with van der Waals surface area (Å²) in [5.41, 5.74) is 6.97. The van der Waals surface area contributed by atoms with Crippen molar-refractivity contribution >= 4 is 34.0 Å². The fourth-order valence-corrected chi connectivity index (χ4v) is 8.21. The summed E-state index contributed by atoms with van der Waals surface area (Å²) >= 11 is 0. The quantitative estimate of drug-likeness (QED) is 0.127. The van der Waals surface area contributed by atoms with Crippen LogP contribution in [0.2, 0.25) is 0 Å². The van der Waals surface area contributed by atoms with E-state index in [2.05, 4.69) is 141 Å². The largest absolute Gasteiger partial charge is 3.00 e. The predicted octanol–water partition coefficient (Wildman–Crippen LogP) is 6.42. The summed E-state index contributed by atoms with van der Waals surface area (Å²) in [5, 5.41) is 28.6. The third kappa shape index (κ3) is 13.4. The molecule has 8 nitrogen and oxygen atoms in total. The van der Waals surface area contributed by atoms with Crippen molar-refractivity contribution in [2.45, 2.75) is 25.2 Å². The molecule has 6 aromatic carbocycles. The van der Waals surface area contributed by atoms with E-state index >= 15 is 0 Å². The number of pyridine rings is 3. The van der Waals surface area contributed by atoms with Crippen molar-refractivity contribution in [3.63, 3.8) is 0 Å². The number of aromatic nitrogens is 3. The van der Waals surface area contributed by atoms with Gasteiger partial charge in [-0.05, 0) is 47.5 Å². The Morgan fingerprint density at radius 1 is 0.433 bits per heavy atom. The number of hydrogen-bond donors (Lipinski definition) is 2. The molecule has 10 heteroatoms. The maximum atomic E-state index is 11.3. The number of benzene rings is 6. The summed E-state index contributed by atoms with van der Waals surface area (Å²) in [6.07, 6.45) is 4.27. The van der Waals surface area contributed by atoms with Crippen molar-refractivity contribution in [2.24, 2.45) is 0 Å². The van der Waals surface area contributed by atoms with Gasteiger partial charge in [-0.1, -0.05) is 200 Å². The minimum Gasteiger partial charge on any atom is -0.546 e. The Morgan fingerprint density at radius 3 is 0.896 bits per heavy atom. The molecule has 0 fully saturated rings. The molecule has 0 atom stereocenters. The van der Waals surface area contributed by atoms with E-state index in [4.69, 9.17) is 5.11 Å². The van der Waals surface area contributed by atoms with Gasteiger partial charge in [0.15, 0.2) is 5.60 Å². The number of carbonyl (C=O) groups is 1. The summed E-state index contributed by atoms with van der Waals surface area (Å²) in [6, 6.07) is 78.0. The number of nitrogens with zero attached hydrogens (tertiary/aromatic N) is 4. The van der Waals surface area contributed by atoms with E-state index in [9.17, 15) is 15.0 Å². The van der Waals surface area contributed by atoms with Gasteiger partial charge < -0.3 is 20.1 Å². The summed E-state index contributed by atoms with van der Waals surface area (Å²) in [7, 11) is 1.00. The van der Waals surface area contributed by atoms with E-state index in [0.717, 1.165) is 43.8 Å². The Kier molecular flexibility index (Phi) is 20.1. The van der Waals surface area contributed by atoms with Crippen LogP contribution >= 0.6 is 0 Å². The molecule has 0 bridgehead atoms. The monoisotopic (exact) mass is 924 g/mol. The molecule has 0 aliphatic rings. The average Bonchev–Trinajstić information content (AvgIpc) is 3.40. The zero-order valence-electron chi connectivity index (χ0n) is 37.3. The predicted molar refractivity (Wildman–Crippen MR) is 265 cm³/mol. The van der Waals surface area contributed by atoms with Crippen LogP contribution in [-0.2, 0) is 47.1 Å². The first-order valence-electron chi connectivity index (χ1n) is 21.8. The zero-order valence-corrected chi connectivity index (χ0v) is 38.4. The van der Waals surface area contributed by atoms with Crippen LogP contribution in [0, 0.1) is 0 Å². The van der Waals surface area contributed by atoms with Crippen LogP contribution in [-0.4, -0.2) is 49.3 Å². The van der Waals surface area contributed by atoms with Crippen LogP contribution in [0.3, 0.4) is 0 Å². The summed E-state index contributed by atoms with van der Waals surface area (Å²) < 4.78 is 0. The summed E-state index contributed by atoms with van der Waals surface area (Å²) in [4.78, 5) is 26.8. The number of carbonyl (C=O) groups excluding carboxylic acids is 1. The number of carboxylic acid groups (broad SMARTS) is 1. The molecule has 1 radical (unpaired) electrons. The molecule has 3 heterocycles. The van der Waals surface area contributed by atoms with Gasteiger partial charge >= 0.3 is 17.1 Å². The van der Waals surface area contributed by atoms with Gasteiger partial charge in [0.25, 0.3) is 0 Å². The third-order valence-corrected chi connectivity index (χ3v) is 11.2. The van der Waals surface area contributed by atoms with E-state index in [1.54, 1.807) is 60.7 Å². The van der Waals surface area contributed by atoms with Gasteiger partial charge in [0, 0.05) is 45.3 Å². The number of carboxylic acids is 1. The van der Waals surface area contributed by atoms with Gasteiger partial charge in [0.1, 0.15) is 6.15 Å². The molecule has 2 N–H and O–H groups in total. The van der Waals surface area contributed by atoms with Gasteiger partial charge in [-0.25, -0.2) is 0 Å². The Bertz CT molecular complexity index is 2420. The number of aliphatic carboxylic acids is 1. The van der Waals surface area contributed by atoms with Crippen LogP contribution in [0.5, 0.6) is 0 Å².